The molecule has 0 saturated heterocycles. The van der Waals surface area contributed by atoms with Crippen LogP contribution in [0, 0.1) is 5.82 Å². The molecule has 0 unspecified atom stereocenters. The minimum Gasteiger partial charge on any atom is -0.488 e. The van der Waals surface area contributed by atoms with E-state index in [4.69, 9.17) is 16.3 Å². The summed E-state index contributed by atoms with van der Waals surface area (Å²) in [5.41, 5.74) is 6.13. The molecule has 0 amide bonds. The summed E-state index contributed by atoms with van der Waals surface area (Å²) in [6, 6.07) is 26.0. The highest BCUT2D eigenvalue weighted by molar-refractivity contribution is 7.14. The van der Waals surface area contributed by atoms with Crippen LogP contribution in [0.5, 0.6) is 5.75 Å². The quantitative estimate of drug-likeness (QED) is 0.188. The Morgan fingerprint density at radius 1 is 0.971 bits per heavy atom. The molecule has 7 heteroatoms. The first-order valence-corrected chi connectivity index (χ1v) is 11.8. The lowest BCUT2D eigenvalue weighted by molar-refractivity contribution is 0.300. The number of fused-ring (bicyclic) bond motifs is 1. The molecule has 1 aromatic heterocycles. The molecule has 0 aliphatic heterocycles. The summed E-state index contributed by atoms with van der Waals surface area (Å²) < 4.78 is 20.1. The molecule has 5 rings (SSSR count). The fourth-order valence-corrected chi connectivity index (χ4v) is 4.33. The van der Waals surface area contributed by atoms with Crippen LogP contribution >= 0.6 is 22.9 Å². The fraction of sp³-hybridized carbons (Fsp3) is 0.0370. The predicted octanol–water partition coefficient (Wildman–Crippen LogP) is 7.78. The van der Waals surface area contributed by atoms with Crippen LogP contribution in [0.2, 0.25) is 5.02 Å². The molecular weight excluding hydrogens is 469 g/mol. The van der Waals surface area contributed by atoms with Crippen LogP contribution in [0.3, 0.4) is 0 Å². The summed E-state index contributed by atoms with van der Waals surface area (Å²) in [5.74, 6) is 0.328. The Balaban J connectivity index is 1.38. The number of hydrogen-bond acceptors (Lipinski definition) is 5. The molecule has 5 aromatic rings. The number of ether oxygens (including phenoxy) is 1. The maximum atomic E-state index is 14.1. The number of hydrazone groups is 1. The van der Waals surface area contributed by atoms with E-state index in [1.807, 2.05) is 66.0 Å². The maximum absolute atomic E-state index is 14.1. The number of thiazole rings is 1. The first-order chi connectivity index (χ1) is 16.7. The molecule has 0 atom stereocenters. The molecule has 0 aliphatic carbocycles. The first-order valence-electron chi connectivity index (χ1n) is 10.6. The van der Waals surface area contributed by atoms with E-state index in [1.54, 1.807) is 24.4 Å². The van der Waals surface area contributed by atoms with Crippen LogP contribution in [0.1, 0.15) is 11.1 Å². The van der Waals surface area contributed by atoms with Crippen molar-refractivity contribution in [3.8, 4) is 17.0 Å². The monoisotopic (exact) mass is 487 g/mol. The van der Waals surface area contributed by atoms with E-state index in [9.17, 15) is 4.39 Å². The third-order valence-corrected chi connectivity index (χ3v) is 6.27. The number of rotatable bonds is 7. The van der Waals surface area contributed by atoms with E-state index in [0.717, 1.165) is 27.6 Å². The van der Waals surface area contributed by atoms with Gasteiger partial charge in [-0.3, -0.25) is 5.43 Å². The van der Waals surface area contributed by atoms with Crippen molar-refractivity contribution in [3.63, 3.8) is 0 Å². The standard InChI is InChI=1S/C27H19ClFN3OS/c28-21-12-9-19(10-13-21)25-17-34-27(31-25)32-30-15-23-22-7-3-1-5-18(22)11-14-26(23)33-16-20-6-2-4-8-24(20)29/h1-15,17H,16H2,(H,31,32)/b30-15-. The third-order valence-electron chi connectivity index (χ3n) is 5.27. The maximum Gasteiger partial charge on any atom is 0.203 e. The summed E-state index contributed by atoms with van der Waals surface area (Å²) in [4.78, 5) is 4.59. The van der Waals surface area contributed by atoms with Gasteiger partial charge in [0, 0.05) is 27.1 Å². The highest BCUT2D eigenvalue weighted by atomic mass is 35.5. The topological polar surface area (TPSA) is 46.5 Å². The lowest BCUT2D eigenvalue weighted by atomic mass is 10.0. The van der Waals surface area contributed by atoms with Crippen molar-refractivity contribution in [1.82, 2.24) is 4.98 Å². The average molecular weight is 488 g/mol. The van der Waals surface area contributed by atoms with E-state index in [1.165, 1.54) is 17.4 Å². The zero-order valence-corrected chi connectivity index (χ0v) is 19.5. The van der Waals surface area contributed by atoms with Gasteiger partial charge >= 0.3 is 0 Å². The van der Waals surface area contributed by atoms with Gasteiger partial charge in [-0.15, -0.1) is 11.3 Å². The number of nitrogens with one attached hydrogen (secondary N) is 1. The smallest absolute Gasteiger partial charge is 0.203 e. The second kappa shape index (κ2) is 10.0. The van der Waals surface area contributed by atoms with Crippen LogP contribution in [0.25, 0.3) is 22.0 Å². The van der Waals surface area contributed by atoms with Crippen LogP contribution < -0.4 is 10.2 Å². The van der Waals surface area contributed by atoms with Crippen molar-refractivity contribution in [2.45, 2.75) is 6.61 Å². The number of anilines is 1. The van der Waals surface area contributed by atoms with Gasteiger partial charge in [0.1, 0.15) is 18.2 Å². The molecular formula is C27H19ClFN3OS. The van der Waals surface area contributed by atoms with Gasteiger partial charge in [-0.05, 0) is 35.0 Å². The Labute approximate surface area is 205 Å². The van der Waals surface area contributed by atoms with Gasteiger partial charge in [-0.2, -0.15) is 5.10 Å². The minimum atomic E-state index is -0.291. The zero-order valence-electron chi connectivity index (χ0n) is 17.9. The second-order valence-corrected chi connectivity index (χ2v) is 8.79. The van der Waals surface area contributed by atoms with Crippen LogP contribution in [0.4, 0.5) is 9.52 Å². The molecule has 4 aromatic carbocycles. The van der Waals surface area contributed by atoms with Gasteiger partial charge in [0.05, 0.1) is 11.9 Å². The molecule has 0 radical (unpaired) electrons. The van der Waals surface area contributed by atoms with Gasteiger partial charge in [-0.1, -0.05) is 72.3 Å². The number of benzene rings is 4. The van der Waals surface area contributed by atoms with Crippen LogP contribution in [-0.4, -0.2) is 11.2 Å². The Hall–Kier alpha value is -3.74. The molecule has 0 fully saturated rings. The van der Waals surface area contributed by atoms with Gasteiger partial charge in [0.2, 0.25) is 5.13 Å². The molecule has 1 heterocycles. The van der Waals surface area contributed by atoms with Crippen molar-refractivity contribution in [1.29, 1.82) is 0 Å². The van der Waals surface area contributed by atoms with Crippen molar-refractivity contribution >= 4 is 45.1 Å². The Morgan fingerprint density at radius 3 is 2.62 bits per heavy atom. The Bertz CT molecular complexity index is 1470. The highest BCUT2D eigenvalue weighted by Gasteiger charge is 2.10. The second-order valence-electron chi connectivity index (χ2n) is 7.49. The highest BCUT2D eigenvalue weighted by Crippen LogP contribution is 2.29. The summed E-state index contributed by atoms with van der Waals surface area (Å²) >= 11 is 7.43. The lowest BCUT2D eigenvalue weighted by Crippen LogP contribution is -2.01. The summed E-state index contributed by atoms with van der Waals surface area (Å²) in [6.07, 6.45) is 1.71. The first kappa shape index (κ1) is 22.1. The van der Waals surface area contributed by atoms with Crippen molar-refractivity contribution < 1.29 is 9.13 Å². The largest absolute Gasteiger partial charge is 0.488 e. The van der Waals surface area contributed by atoms with E-state index in [-0.39, 0.29) is 12.4 Å². The average Bonchev–Trinajstić information content (AvgIpc) is 3.33. The molecule has 0 spiro atoms. The number of hydrogen-bond donors (Lipinski definition) is 1. The Morgan fingerprint density at radius 2 is 1.76 bits per heavy atom. The molecule has 0 saturated carbocycles. The zero-order chi connectivity index (χ0) is 23.3. The minimum absolute atomic E-state index is 0.121. The van der Waals surface area contributed by atoms with E-state index < -0.39 is 0 Å². The number of halogens is 2. The van der Waals surface area contributed by atoms with Gasteiger partial charge < -0.3 is 4.74 Å². The van der Waals surface area contributed by atoms with Crippen molar-refractivity contribution in [2.24, 2.45) is 5.10 Å². The fourth-order valence-electron chi connectivity index (χ4n) is 3.54. The normalized spacial score (nSPS) is 11.2. The summed E-state index contributed by atoms with van der Waals surface area (Å²) in [6.45, 7) is 0.121. The van der Waals surface area contributed by atoms with Gasteiger partial charge in [0.25, 0.3) is 0 Å². The molecule has 34 heavy (non-hydrogen) atoms. The third kappa shape index (κ3) is 4.93. The summed E-state index contributed by atoms with van der Waals surface area (Å²) in [5, 5.41) is 9.76. The van der Waals surface area contributed by atoms with Crippen LogP contribution in [-0.2, 0) is 6.61 Å². The van der Waals surface area contributed by atoms with Gasteiger partial charge in [-0.25, -0.2) is 9.37 Å². The number of nitrogens with zero attached hydrogens (tertiary/aromatic N) is 2. The SMILES string of the molecule is Fc1ccccc1COc1ccc2ccccc2c1/C=N\Nc1nc(-c2ccc(Cl)cc2)cs1. The van der Waals surface area contributed by atoms with Crippen molar-refractivity contribution in [3.05, 3.63) is 112 Å². The van der Waals surface area contributed by atoms with E-state index in [0.29, 0.717) is 21.5 Å². The summed E-state index contributed by atoms with van der Waals surface area (Å²) in [7, 11) is 0. The molecule has 4 nitrogen and oxygen atoms in total. The lowest BCUT2D eigenvalue weighted by Gasteiger charge is -2.12. The van der Waals surface area contributed by atoms with Crippen molar-refractivity contribution in [2.75, 3.05) is 5.43 Å². The predicted molar refractivity (Wildman–Crippen MR) is 138 cm³/mol. The number of aromatic nitrogens is 1. The van der Waals surface area contributed by atoms with Gasteiger partial charge in [0.15, 0.2) is 0 Å². The molecule has 1 N–H and O–H groups in total. The van der Waals surface area contributed by atoms with E-state index in [2.05, 4.69) is 15.5 Å². The molecule has 0 bridgehead atoms. The Kier molecular flexibility index (Phi) is 6.51. The molecule has 0 aliphatic rings. The van der Waals surface area contributed by atoms with Crippen LogP contribution in [0.15, 0.2) is 95.4 Å². The molecule has 168 valence electrons. The van der Waals surface area contributed by atoms with E-state index >= 15 is 0 Å².